The molecule has 7 saturated heterocycles. The molecule has 11 fully saturated rings. The summed E-state index contributed by atoms with van der Waals surface area (Å²) in [4.78, 5) is 15.1. The molecule has 0 aromatic heterocycles. The Balaban J connectivity index is 0.811. The van der Waals surface area contributed by atoms with Gasteiger partial charge in [-0.15, -0.1) is 0 Å². The van der Waals surface area contributed by atoms with Crippen molar-refractivity contribution in [2.75, 3.05) is 46.8 Å². The normalized spacial score (nSPS) is 54.9. The first-order valence-electron chi connectivity index (χ1n) is 33.4. The van der Waals surface area contributed by atoms with Gasteiger partial charge in [0, 0.05) is 25.9 Å². The summed E-state index contributed by atoms with van der Waals surface area (Å²) in [7, 11) is 1.67. The van der Waals surface area contributed by atoms with Crippen LogP contribution in [-0.4, -0.2) is 329 Å². The average Bonchev–Trinajstić information content (AvgIpc) is 1.66. The molecule has 0 amide bonds. The van der Waals surface area contributed by atoms with Crippen molar-refractivity contribution < 1.29 is 158 Å². The topological polar surface area (TPSA) is 490 Å². The molecular formula is C62H102O32. The number of hydrogen-bond acceptors (Lipinski definition) is 32. The van der Waals surface area contributed by atoms with E-state index >= 15 is 4.79 Å². The minimum atomic E-state index is -2.06. The molecule has 32 nitrogen and oxygen atoms in total. The fourth-order valence-corrected chi connectivity index (χ4v) is 18.1. The molecule has 32 heteroatoms. The first kappa shape index (κ1) is 73.6. The lowest BCUT2D eigenvalue weighted by molar-refractivity contribution is -0.411. The molecule has 0 bridgehead atoms. The zero-order valence-electron chi connectivity index (χ0n) is 53.7. The van der Waals surface area contributed by atoms with Crippen molar-refractivity contribution in [3.05, 3.63) is 0 Å². The maximum Gasteiger partial charge on any atom is 0.187 e. The van der Waals surface area contributed by atoms with Crippen LogP contribution in [0.4, 0.5) is 0 Å². The number of rotatable bonds is 20. The molecule has 542 valence electrons. The Labute approximate surface area is 543 Å². The summed E-state index contributed by atoms with van der Waals surface area (Å²) in [6.07, 6.45) is -44.6. The van der Waals surface area contributed by atoms with Crippen LogP contribution in [0.15, 0.2) is 0 Å². The van der Waals surface area contributed by atoms with Gasteiger partial charge in [-0.1, -0.05) is 27.7 Å². The SMILES string of the molecule is COC1(CCC(C)COC2OC(CO)C(O)C(O)C2O)OC2CC3C4CCC5CC(OC6OC(CO)C(O)C(OC7OC(CO)C(O)C(OC8OCC(O)C(O)C8O)C7OC7OCC(O)C(O)C7O)C6OC6OC(C)C(O)C(O)C6O)C(=O)CC5(C)C4CCC3(C)C2C1C. The van der Waals surface area contributed by atoms with Crippen LogP contribution in [0.3, 0.4) is 0 Å². The van der Waals surface area contributed by atoms with E-state index in [-0.39, 0.29) is 78.2 Å². The molecule has 7 aliphatic heterocycles. The van der Waals surface area contributed by atoms with Gasteiger partial charge in [0.2, 0.25) is 0 Å². The van der Waals surface area contributed by atoms with E-state index in [2.05, 4.69) is 20.8 Å². The fourth-order valence-electron chi connectivity index (χ4n) is 18.1. The first-order valence-corrected chi connectivity index (χ1v) is 33.4. The lowest BCUT2D eigenvalue weighted by atomic mass is 9.44. The Morgan fingerprint density at radius 2 is 1.04 bits per heavy atom. The van der Waals surface area contributed by atoms with Crippen LogP contribution < -0.4 is 0 Å². The first-order chi connectivity index (χ1) is 44.5. The third-order valence-corrected chi connectivity index (χ3v) is 23.6. The number of fused-ring (bicyclic) bond motifs is 7. The largest absolute Gasteiger partial charge is 0.394 e. The Hall–Kier alpha value is -1.57. The lowest BCUT2D eigenvalue weighted by Crippen LogP contribution is -2.69. The second-order valence-electron chi connectivity index (χ2n) is 29.1. The van der Waals surface area contributed by atoms with E-state index in [1.54, 1.807) is 7.11 Å². The summed E-state index contributed by atoms with van der Waals surface area (Å²) in [6, 6.07) is 0. The van der Waals surface area contributed by atoms with E-state index < -0.39 is 222 Å². The molecule has 40 unspecified atom stereocenters. The van der Waals surface area contributed by atoms with Crippen molar-refractivity contribution in [3.8, 4) is 0 Å². The average molecular weight is 1360 g/mol. The number of ketones is 1. The van der Waals surface area contributed by atoms with Crippen LogP contribution in [0, 0.1) is 52.3 Å². The quantitative estimate of drug-likeness (QED) is 0.0504. The standard InChI is InChI=1S/C62H102O32/c1-22(19-82-54-48(79)45(76)41(72)34(16-63)87-54)9-12-62(81-6)23(2)37-33(94-62)14-28-26-8-7-25-13-32(29(66)15-61(25,5)27(26)10-11-60(28,37)4)86-58-52(93-57-49(80)44(75)38(69)24(3)85-57)51(43(74)35(17-64)88-58)91-59-53(92-56-47(78)40(71)31(68)21-84-56)50(42(73)36(18-65)89-59)90-55-46(77)39(70)30(67)20-83-55/h22-28,30-59,63-65,67-80H,7-21H2,1-6H3. The second kappa shape index (κ2) is 29.4. The highest BCUT2D eigenvalue weighted by Gasteiger charge is 2.70. The second-order valence-corrected chi connectivity index (χ2v) is 29.1. The number of hydrogen-bond donors (Lipinski definition) is 17. The molecular weight excluding hydrogens is 1260 g/mol. The van der Waals surface area contributed by atoms with Crippen LogP contribution in [-0.2, 0) is 71.1 Å². The van der Waals surface area contributed by atoms with Gasteiger partial charge in [-0.2, -0.15) is 0 Å². The molecule has 40 atom stereocenters. The van der Waals surface area contributed by atoms with E-state index in [1.807, 2.05) is 6.92 Å². The smallest absolute Gasteiger partial charge is 0.187 e. The predicted octanol–water partition coefficient (Wildman–Crippen LogP) is -6.17. The van der Waals surface area contributed by atoms with Gasteiger partial charge in [0.15, 0.2) is 49.3 Å². The number of carbonyl (C=O) groups is 1. The van der Waals surface area contributed by atoms with Gasteiger partial charge in [0.1, 0.15) is 134 Å². The molecule has 11 rings (SSSR count). The van der Waals surface area contributed by atoms with Crippen LogP contribution in [0.2, 0.25) is 0 Å². The number of ether oxygens (including phenoxy) is 14. The summed E-state index contributed by atoms with van der Waals surface area (Å²) >= 11 is 0. The van der Waals surface area contributed by atoms with Crippen molar-refractivity contribution in [1.82, 2.24) is 0 Å². The van der Waals surface area contributed by atoms with E-state index in [4.69, 9.17) is 66.3 Å². The summed E-state index contributed by atoms with van der Waals surface area (Å²) in [5.41, 5.74) is -0.613. The molecule has 0 spiro atoms. The highest BCUT2D eigenvalue weighted by atomic mass is 16.8. The van der Waals surface area contributed by atoms with Gasteiger partial charge in [-0.05, 0) is 98.2 Å². The minimum absolute atomic E-state index is 0.00548. The molecule has 0 radical (unpaired) electrons. The van der Waals surface area contributed by atoms with Crippen molar-refractivity contribution in [1.29, 1.82) is 0 Å². The maximum absolute atomic E-state index is 15.1. The van der Waals surface area contributed by atoms with Crippen molar-refractivity contribution in [3.63, 3.8) is 0 Å². The van der Waals surface area contributed by atoms with Crippen LogP contribution in [0.5, 0.6) is 0 Å². The Morgan fingerprint density at radius 3 is 1.63 bits per heavy atom. The summed E-state index contributed by atoms with van der Waals surface area (Å²) in [5.74, 6) is -0.505. The number of aliphatic hydroxyl groups is 17. The molecule has 7 heterocycles. The monoisotopic (exact) mass is 1360 g/mol. The van der Waals surface area contributed by atoms with Crippen LogP contribution in [0.1, 0.15) is 92.4 Å². The maximum atomic E-state index is 15.1. The third kappa shape index (κ3) is 13.5. The van der Waals surface area contributed by atoms with Crippen LogP contribution >= 0.6 is 0 Å². The van der Waals surface area contributed by atoms with Crippen LogP contribution in [0.25, 0.3) is 0 Å². The van der Waals surface area contributed by atoms with Gasteiger partial charge in [-0.25, -0.2) is 0 Å². The molecule has 0 aromatic rings. The number of methoxy groups -OCH3 is 1. The van der Waals surface area contributed by atoms with E-state index in [0.29, 0.717) is 12.8 Å². The van der Waals surface area contributed by atoms with E-state index in [1.165, 1.54) is 6.92 Å². The van der Waals surface area contributed by atoms with E-state index in [9.17, 15) is 86.8 Å². The number of Topliss-reactive ketones (excluding diaryl/α,β-unsaturated/α-hetero) is 1. The van der Waals surface area contributed by atoms with Crippen molar-refractivity contribution in [2.24, 2.45) is 52.3 Å². The third-order valence-electron chi connectivity index (χ3n) is 23.6. The van der Waals surface area contributed by atoms with Gasteiger partial charge >= 0.3 is 0 Å². The Bertz CT molecular complexity index is 2490. The summed E-state index contributed by atoms with van der Waals surface area (Å²) < 4.78 is 86.1. The molecule has 94 heavy (non-hydrogen) atoms. The van der Waals surface area contributed by atoms with Gasteiger partial charge in [0.25, 0.3) is 0 Å². The van der Waals surface area contributed by atoms with Crippen molar-refractivity contribution >= 4 is 5.78 Å². The number of aliphatic hydroxyl groups excluding tert-OH is 17. The Kier molecular flexibility index (Phi) is 23.0. The summed E-state index contributed by atoms with van der Waals surface area (Å²) in [6.45, 7) is 6.62. The molecule has 4 saturated carbocycles. The highest BCUT2D eigenvalue weighted by Crippen LogP contribution is 2.71. The zero-order valence-corrected chi connectivity index (χ0v) is 53.7. The molecule has 0 aromatic carbocycles. The number of carbonyl (C=O) groups excluding carboxylic acids is 1. The fraction of sp³-hybridized carbons (Fsp3) is 0.984. The summed E-state index contributed by atoms with van der Waals surface area (Å²) in [5, 5.41) is 183. The van der Waals surface area contributed by atoms with Crippen molar-refractivity contribution in [2.45, 2.75) is 282 Å². The molecule has 11 aliphatic rings. The van der Waals surface area contributed by atoms with Gasteiger partial charge in [0.05, 0.1) is 51.8 Å². The zero-order chi connectivity index (χ0) is 67.9. The molecule has 17 N–H and O–H groups in total. The highest BCUT2D eigenvalue weighted by molar-refractivity contribution is 5.84. The predicted molar refractivity (Wildman–Crippen MR) is 309 cm³/mol. The van der Waals surface area contributed by atoms with Gasteiger partial charge < -0.3 is 153 Å². The Morgan fingerprint density at radius 1 is 0.532 bits per heavy atom. The van der Waals surface area contributed by atoms with Gasteiger partial charge in [-0.3, -0.25) is 4.79 Å². The minimum Gasteiger partial charge on any atom is -0.394 e. The lowest BCUT2D eigenvalue weighted by Gasteiger charge is -2.61. The van der Waals surface area contributed by atoms with E-state index in [0.717, 1.165) is 32.1 Å². The molecule has 4 aliphatic carbocycles.